The Labute approximate surface area is 126 Å². The molecule has 2 aromatic rings. The maximum absolute atomic E-state index is 12.3. The second kappa shape index (κ2) is 4.92. The number of sulfone groups is 1. The Hall–Kier alpha value is -1.74. The number of thiophene rings is 1. The van der Waals surface area contributed by atoms with Crippen molar-refractivity contribution in [2.24, 2.45) is 7.05 Å². The Morgan fingerprint density at radius 2 is 2.14 bits per heavy atom. The van der Waals surface area contributed by atoms with E-state index in [9.17, 15) is 13.2 Å². The molecule has 2 aromatic heterocycles. The first-order chi connectivity index (χ1) is 9.89. The van der Waals surface area contributed by atoms with Gasteiger partial charge >= 0.3 is 0 Å². The molecule has 3 rings (SSSR count). The maximum Gasteiger partial charge on any atom is 0.264 e. The molecule has 0 aliphatic carbocycles. The quantitative estimate of drug-likeness (QED) is 0.819. The molecule has 0 N–H and O–H groups in total. The minimum Gasteiger partial charge on any atom is -0.335 e. The van der Waals surface area contributed by atoms with E-state index in [4.69, 9.17) is 0 Å². The number of nitrogens with zero attached hydrogens (tertiary/aromatic N) is 4. The van der Waals surface area contributed by atoms with Crippen LogP contribution < -0.4 is 0 Å². The monoisotopic (exact) mass is 326 g/mol. The van der Waals surface area contributed by atoms with E-state index >= 15 is 0 Å². The third-order valence-electron chi connectivity index (χ3n) is 3.44. The van der Waals surface area contributed by atoms with Crippen molar-refractivity contribution in [3.05, 3.63) is 28.2 Å². The summed E-state index contributed by atoms with van der Waals surface area (Å²) < 4.78 is 26.1. The largest absolute Gasteiger partial charge is 0.335 e. The van der Waals surface area contributed by atoms with Crippen LogP contribution in [0.2, 0.25) is 0 Å². The standard InChI is InChI=1S/C12H14N4O3S2/c1-8-3-10(20-6-8)11(17)16-4-9(5-16)21(18,19)12-14-13-7-15(12)2/h3,6-7,9H,4-5H2,1-2H3. The van der Waals surface area contributed by atoms with Crippen molar-refractivity contribution in [2.45, 2.75) is 17.3 Å². The highest BCUT2D eigenvalue weighted by atomic mass is 32.2. The Bertz CT molecular complexity index is 787. The fraction of sp³-hybridized carbons (Fsp3) is 0.417. The molecular formula is C12H14N4O3S2. The van der Waals surface area contributed by atoms with Crippen LogP contribution in [0.3, 0.4) is 0 Å². The molecule has 9 heteroatoms. The predicted octanol–water partition coefficient (Wildman–Crippen LogP) is 0.483. The van der Waals surface area contributed by atoms with Crippen LogP contribution in [0, 0.1) is 6.92 Å². The number of carbonyl (C=O) groups excluding carboxylic acids is 1. The first-order valence-corrected chi connectivity index (χ1v) is 8.74. The lowest BCUT2D eigenvalue weighted by Crippen LogP contribution is -2.57. The second-order valence-corrected chi connectivity index (χ2v) is 8.12. The van der Waals surface area contributed by atoms with Crippen molar-refractivity contribution in [3.63, 3.8) is 0 Å². The summed E-state index contributed by atoms with van der Waals surface area (Å²) in [7, 11) is -1.95. The number of carbonyl (C=O) groups is 1. The van der Waals surface area contributed by atoms with Gasteiger partial charge in [0, 0.05) is 20.1 Å². The molecule has 1 aliphatic rings. The van der Waals surface area contributed by atoms with E-state index in [1.807, 2.05) is 18.4 Å². The summed E-state index contributed by atoms with van der Waals surface area (Å²) in [6.07, 6.45) is 1.35. The van der Waals surface area contributed by atoms with Crippen molar-refractivity contribution < 1.29 is 13.2 Å². The molecule has 0 spiro atoms. The summed E-state index contributed by atoms with van der Waals surface area (Å²) in [5.41, 5.74) is 1.03. The molecule has 0 radical (unpaired) electrons. The lowest BCUT2D eigenvalue weighted by molar-refractivity contribution is 0.0663. The van der Waals surface area contributed by atoms with Crippen molar-refractivity contribution in [3.8, 4) is 0 Å². The van der Waals surface area contributed by atoms with Gasteiger partial charge in [-0.05, 0) is 23.9 Å². The summed E-state index contributed by atoms with van der Waals surface area (Å²) in [5, 5.41) is 8.48. The highest BCUT2D eigenvalue weighted by molar-refractivity contribution is 7.92. The molecule has 3 heterocycles. The van der Waals surface area contributed by atoms with Crippen LogP contribution in [0.4, 0.5) is 0 Å². The molecule has 1 fully saturated rings. The lowest BCUT2D eigenvalue weighted by atomic mass is 10.2. The van der Waals surface area contributed by atoms with Gasteiger partial charge in [-0.3, -0.25) is 4.79 Å². The Morgan fingerprint density at radius 1 is 1.43 bits per heavy atom. The molecule has 0 bridgehead atoms. The first kappa shape index (κ1) is 14.2. The Kier molecular flexibility index (Phi) is 3.33. The fourth-order valence-electron chi connectivity index (χ4n) is 2.18. The summed E-state index contributed by atoms with van der Waals surface area (Å²) in [6, 6.07) is 1.82. The van der Waals surface area contributed by atoms with E-state index in [0.29, 0.717) is 4.88 Å². The predicted molar refractivity (Wildman–Crippen MR) is 76.9 cm³/mol. The van der Waals surface area contributed by atoms with Crippen LogP contribution in [-0.2, 0) is 16.9 Å². The van der Waals surface area contributed by atoms with Gasteiger partial charge in [0.1, 0.15) is 11.6 Å². The summed E-state index contributed by atoms with van der Waals surface area (Å²) in [4.78, 5) is 14.4. The summed E-state index contributed by atoms with van der Waals surface area (Å²) >= 11 is 1.38. The number of aryl methyl sites for hydroxylation is 2. The molecule has 112 valence electrons. The Balaban J connectivity index is 1.71. The van der Waals surface area contributed by atoms with Gasteiger partial charge in [0.05, 0.1) is 4.88 Å². The van der Waals surface area contributed by atoms with E-state index in [2.05, 4.69) is 10.2 Å². The maximum atomic E-state index is 12.3. The van der Waals surface area contributed by atoms with Gasteiger partial charge in [0.2, 0.25) is 15.0 Å². The van der Waals surface area contributed by atoms with Crippen LogP contribution in [0.15, 0.2) is 22.9 Å². The van der Waals surface area contributed by atoms with E-state index in [-0.39, 0.29) is 24.2 Å². The van der Waals surface area contributed by atoms with Gasteiger partial charge in [0.15, 0.2) is 0 Å². The fourth-order valence-corrected chi connectivity index (χ4v) is 4.70. The van der Waals surface area contributed by atoms with Gasteiger partial charge < -0.3 is 9.47 Å². The first-order valence-electron chi connectivity index (χ1n) is 6.32. The van der Waals surface area contributed by atoms with Gasteiger partial charge in [-0.25, -0.2) is 8.42 Å². The van der Waals surface area contributed by atoms with Crippen LogP contribution in [0.25, 0.3) is 0 Å². The molecule has 1 aliphatic heterocycles. The topological polar surface area (TPSA) is 85.2 Å². The van der Waals surface area contributed by atoms with Crippen molar-refractivity contribution in [1.29, 1.82) is 0 Å². The molecular weight excluding hydrogens is 312 g/mol. The van der Waals surface area contributed by atoms with Crippen molar-refractivity contribution in [1.82, 2.24) is 19.7 Å². The highest BCUT2D eigenvalue weighted by Crippen LogP contribution is 2.25. The van der Waals surface area contributed by atoms with E-state index in [0.717, 1.165) is 5.56 Å². The van der Waals surface area contributed by atoms with E-state index in [1.165, 1.54) is 22.2 Å². The lowest BCUT2D eigenvalue weighted by Gasteiger charge is -2.37. The number of likely N-dealkylation sites (tertiary alicyclic amines) is 1. The smallest absolute Gasteiger partial charge is 0.264 e. The molecule has 0 aromatic carbocycles. The van der Waals surface area contributed by atoms with Crippen LogP contribution in [-0.4, -0.2) is 52.3 Å². The average Bonchev–Trinajstić information content (AvgIpc) is 2.95. The minimum absolute atomic E-state index is 0.0495. The molecule has 21 heavy (non-hydrogen) atoms. The van der Waals surface area contributed by atoms with Gasteiger partial charge in [-0.15, -0.1) is 21.5 Å². The van der Waals surface area contributed by atoms with Crippen LogP contribution >= 0.6 is 11.3 Å². The van der Waals surface area contributed by atoms with Gasteiger partial charge in [-0.2, -0.15) is 0 Å². The van der Waals surface area contributed by atoms with Crippen LogP contribution in [0.1, 0.15) is 15.2 Å². The van der Waals surface area contributed by atoms with Crippen molar-refractivity contribution >= 4 is 27.1 Å². The minimum atomic E-state index is -3.53. The normalized spacial score (nSPS) is 16.0. The van der Waals surface area contributed by atoms with Gasteiger partial charge in [-0.1, -0.05) is 0 Å². The molecule has 0 unspecified atom stereocenters. The van der Waals surface area contributed by atoms with Gasteiger partial charge in [0.25, 0.3) is 5.91 Å². The number of amides is 1. The molecule has 0 atom stereocenters. The second-order valence-electron chi connectivity index (χ2n) is 5.09. The van der Waals surface area contributed by atoms with Crippen LogP contribution in [0.5, 0.6) is 0 Å². The van der Waals surface area contributed by atoms with E-state index in [1.54, 1.807) is 11.9 Å². The average molecular weight is 326 g/mol. The zero-order chi connectivity index (χ0) is 15.2. The number of aromatic nitrogens is 3. The molecule has 1 saturated heterocycles. The number of hydrogen-bond acceptors (Lipinski definition) is 6. The molecule has 0 saturated carbocycles. The number of hydrogen-bond donors (Lipinski definition) is 0. The molecule has 1 amide bonds. The third-order valence-corrected chi connectivity index (χ3v) is 6.53. The summed E-state index contributed by atoms with van der Waals surface area (Å²) in [6.45, 7) is 2.32. The highest BCUT2D eigenvalue weighted by Gasteiger charge is 2.43. The van der Waals surface area contributed by atoms with E-state index < -0.39 is 15.1 Å². The Morgan fingerprint density at radius 3 is 2.67 bits per heavy atom. The number of rotatable bonds is 3. The zero-order valence-electron chi connectivity index (χ0n) is 11.6. The summed E-state index contributed by atoms with van der Waals surface area (Å²) in [5.74, 6) is -0.113. The van der Waals surface area contributed by atoms with Crippen molar-refractivity contribution in [2.75, 3.05) is 13.1 Å². The zero-order valence-corrected chi connectivity index (χ0v) is 13.2. The SMILES string of the molecule is Cc1csc(C(=O)N2CC(S(=O)(=O)c3nncn3C)C2)c1. The third kappa shape index (κ3) is 2.36. The molecule has 7 nitrogen and oxygen atoms in total.